The average Bonchev–Trinajstić information content (AvgIpc) is 4.10. The molecule has 8 atom stereocenters. The fourth-order valence-electron chi connectivity index (χ4n) is 5.42. The zero-order valence-corrected chi connectivity index (χ0v) is 48.0. The summed E-state index contributed by atoms with van der Waals surface area (Å²) in [4.78, 5) is 172. The van der Waals surface area contributed by atoms with Gasteiger partial charge >= 0.3 is 71.9 Å². The van der Waals surface area contributed by atoms with Crippen LogP contribution in [-0.2, 0) is 82.9 Å². The molecule has 1 aromatic rings. The molecule has 1 rings (SSSR count). The van der Waals surface area contributed by atoms with E-state index in [0.717, 1.165) is 0 Å². The first-order valence-corrected chi connectivity index (χ1v) is 26.2. The molecule has 0 aliphatic rings. The minimum atomic E-state index is -1.45. The van der Waals surface area contributed by atoms with Crippen LogP contribution >= 0.6 is 24.4 Å². The maximum atomic E-state index is 11.8. The summed E-state index contributed by atoms with van der Waals surface area (Å²) in [5, 5.41) is 100. The molecule has 0 saturated heterocycles. The lowest BCUT2D eigenvalue weighted by Gasteiger charge is -2.23. The third kappa shape index (κ3) is 48.1. The number of carboxylic acid groups (broad SMARTS) is 8. The summed E-state index contributed by atoms with van der Waals surface area (Å²) in [5.41, 5.74) is 0. The Bertz CT molecular complexity index is 2330. The lowest BCUT2D eigenvalue weighted by Crippen LogP contribution is -2.50. The molecule has 0 bridgehead atoms. The maximum Gasteiger partial charge on any atom is 0.326 e. The fourth-order valence-corrected chi connectivity index (χ4v) is 6.41. The van der Waals surface area contributed by atoms with Crippen LogP contribution in [0.25, 0.3) is 0 Å². The molecule has 486 valence electrons. The second-order valence-electron chi connectivity index (χ2n) is 17.6. The summed E-state index contributed by atoms with van der Waals surface area (Å²) in [5.74, 6) is -9.12. The molecule has 42 heteroatoms. The van der Waals surface area contributed by atoms with Gasteiger partial charge in [-0.1, -0.05) is 26.0 Å². The highest BCUT2D eigenvalue weighted by Crippen LogP contribution is 2.23. The molecule has 0 saturated carbocycles. The van der Waals surface area contributed by atoms with E-state index >= 15 is 0 Å². The molecular formula is C44H70N12O28S2. The van der Waals surface area contributed by atoms with Crippen molar-refractivity contribution in [3.8, 4) is 0 Å². The predicted octanol–water partition coefficient (Wildman–Crippen LogP) is -2.18. The Balaban J connectivity index is -0.00000107. The standard InChI is InChI=1S/C13H22N2O7S.C11H18N6O5.C11H16N2O9.C9H14N2O7S/c1-13(2,3)23-6-9(22-7-16)15-12(21)14-8(11(19)20)4-5-10(17)18;1-7(2-5-10(19)20)12-11(21)13-9(22-6-18)4-3-8-14-16-17-15-8;14-5-22-7(2-4-9(17)18)13-11(21)12-6(10(19)20)1-3-8(15)16;12-4-18-6(3-19)11-9(17)10-5(8(15)16)1-2-7(13)14/h7-9H,4-6H2,1-3H3,(H,17,18)(H,19,20)(H2,14,15,21);6-7,9H,2-5H2,1H3,(H,19,20)(H2,12,13,21)(H,14,15,16,17);5-7H,1-4H2,(H,15,16)(H,17,18)(H,19,20)(H2,12,13,21);4-6,19H,1-3H2,(H,13,14)(H,15,16)(H2,10,11,17)/t8-,9+;7-,9-;6-,7+;5-,6+/m0100/s1. The maximum absolute atomic E-state index is 11.8. The molecule has 86 heavy (non-hydrogen) atoms. The zero-order chi connectivity index (χ0) is 66.4. The summed E-state index contributed by atoms with van der Waals surface area (Å²) in [6, 6.07) is -7.83. The van der Waals surface area contributed by atoms with Gasteiger partial charge in [0.15, 0.2) is 30.7 Å². The molecule has 40 nitrogen and oxygen atoms in total. The quantitative estimate of drug-likeness (QED) is 0.0144. The van der Waals surface area contributed by atoms with Crippen LogP contribution < -0.4 is 42.5 Å². The molecule has 0 spiro atoms. The van der Waals surface area contributed by atoms with Crippen molar-refractivity contribution < 1.29 is 137 Å². The number of tetrazole rings is 1. The molecule has 0 fully saturated rings. The van der Waals surface area contributed by atoms with E-state index in [1.165, 1.54) is 11.8 Å². The Labute approximate surface area is 496 Å². The number of thioether (sulfide) groups is 1. The first kappa shape index (κ1) is 80.7. The van der Waals surface area contributed by atoms with Crippen molar-refractivity contribution >= 4 is 122 Å². The highest BCUT2D eigenvalue weighted by atomic mass is 32.2. The van der Waals surface area contributed by atoms with Crippen LogP contribution in [0.1, 0.15) is 104 Å². The number of thiol groups is 1. The largest absolute Gasteiger partial charge is 0.481 e. The van der Waals surface area contributed by atoms with E-state index in [9.17, 15) is 76.7 Å². The van der Waals surface area contributed by atoms with Crippen LogP contribution in [0.4, 0.5) is 19.2 Å². The molecule has 0 aliphatic heterocycles. The zero-order valence-electron chi connectivity index (χ0n) is 46.3. The Morgan fingerprint density at radius 2 is 0.814 bits per heavy atom. The van der Waals surface area contributed by atoms with E-state index in [1.807, 2.05) is 26.1 Å². The van der Waals surface area contributed by atoms with Crippen LogP contribution in [0, 0.1) is 0 Å². The van der Waals surface area contributed by atoms with E-state index in [2.05, 4.69) is 79.9 Å². The molecule has 0 radical (unpaired) electrons. The number of carbonyl (C=O) groups is 16. The molecular weight excluding hydrogens is 1210 g/mol. The molecule has 17 N–H and O–H groups in total. The van der Waals surface area contributed by atoms with E-state index in [1.54, 1.807) is 6.92 Å². The van der Waals surface area contributed by atoms with Crippen molar-refractivity contribution in [2.75, 3.05) is 11.5 Å². The number of ether oxygens (including phenoxy) is 4. The van der Waals surface area contributed by atoms with Gasteiger partial charge in [-0.25, -0.2) is 33.6 Å². The first-order chi connectivity index (χ1) is 40.2. The van der Waals surface area contributed by atoms with Crippen molar-refractivity contribution in [2.45, 2.75) is 159 Å². The Morgan fingerprint density at radius 1 is 0.488 bits per heavy atom. The first-order valence-electron chi connectivity index (χ1n) is 24.6. The van der Waals surface area contributed by atoms with Gasteiger partial charge in [0.2, 0.25) is 0 Å². The van der Waals surface area contributed by atoms with Crippen LogP contribution in [0.3, 0.4) is 0 Å². The molecule has 0 aromatic carbocycles. The van der Waals surface area contributed by atoms with Crippen LogP contribution in [0.15, 0.2) is 0 Å². The molecule has 0 unspecified atom stereocenters. The smallest absolute Gasteiger partial charge is 0.326 e. The number of hydrogen-bond acceptors (Lipinski definition) is 25. The van der Waals surface area contributed by atoms with Gasteiger partial charge in [0.05, 0.1) is 12.2 Å². The van der Waals surface area contributed by atoms with Gasteiger partial charge in [0.25, 0.3) is 25.9 Å². The third-order valence-electron chi connectivity index (χ3n) is 9.44. The molecule has 8 amide bonds. The van der Waals surface area contributed by atoms with Gasteiger partial charge in [-0.2, -0.15) is 29.6 Å². The number of aromatic nitrogens is 4. The summed E-state index contributed by atoms with van der Waals surface area (Å²) in [7, 11) is 0. The van der Waals surface area contributed by atoms with E-state index < -0.39 is 134 Å². The van der Waals surface area contributed by atoms with Gasteiger partial charge < -0.3 is 102 Å². The lowest BCUT2D eigenvalue weighted by molar-refractivity contribution is -0.142. The lowest BCUT2D eigenvalue weighted by atomic mass is 10.1. The van der Waals surface area contributed by atoms with Gasteiger partial charge in [0.1, 0.15) is 18.1 Å². The van der Waals surface area contributed by atoms with Crippen LogP contribution in [0.2, 0.25) is 0 Å². The number of amides is 8. The average molecular weight is 1280 g/mol. The van der Waals surface area contributed by atoms with Crippen molar-refractivity contribution in [1.29, 1.82) is 0 Å². The number of H-pyrrole nitrogens is 1. The number of nitrogens with one attached hydrogen (secondary N) is 9. The number of carboxylic acids is 8. The minimum absolute atomic E-state index is 0.000968. The highest BCUT2D eigenvalue weighted by molar-refractivity contribution is 8.00. The highest BCUT2D eigenvalue weighted by Gasteiger charge is 2.26. The topological polar surface area (TPSA) is 623 Å². The second-order valence-corrected chi connectivity index (χ2v) is 19.8. The van der Waals surface area contributed by atoms with E-state index in [-0.39, 0.29) is 93.1 Å². The van der Waals surface area contributed by atoms with Gasteiger partial charge in [-0.15, -0.1) is 10.2 Å². The van der Waals surface area contributed by atoms with Crippen LogP contribution in [-0.4, -0.2) is 225 Å². The second kappa shape index (κ2) is 46.9. The van der Waals surface area contributed by atoms with Gasteiger partial charge in [-0.05, 0) is 32.6 Å². The number of aromatic amines is 1. The number of nitrogens with zero attached hydrogens (tertiary/aromatic N) is 3. The Kier molecular flexibility index (Phi) is 44.0. The van der Waals surface area contributed by atoms with Crippen molar-refractivity contribution in [3.63, 3.8) is 0 Å². The van der Waals surface area contributed by atoms with Crippen LogP contribution in [0.5, 0.6) is 0 Å². The molecule has 0 aliphatic carbocycles. The monoisotopic (exact) mass is 1280 g/mol. The van der Waals surface area contributed by atoms with Gasteiger partial charge in [0, 0.05) is 61.5 Å². The SMILES string of the molecule is CC(C)(C)SC[C@H](NC(=O)N[C@@H](CCC(=O)O)C(=O)O)OC=O.C[C@H](CCC(=O)O)NC(=O)N[C@@H](CCc1nn[nH]n1)OC=O.O=CO[C@H](CCC(=O)O)NC(=O)N[C@@H](CCC(=O)O)C(=O)O.O=CO[C@H](CS)NC(=O)N[C@@H](CCC(=O)O)C(=O)O. The normalized spacial score (nSPS) is 13.0. The van der Waals surface area contributed by atoms with E-state index in [4.69, 9.17) is 50.3 Å². The van der Waals surface area contributed by atoms with E-state index in [0.29, 0.717) is 18.7 Å². The number of urea groups is 4. The summed E-state index contributed by atoms with van der Waals surface area (Å²) >= 11 is 5.25. The van der Waals surface area contributed by atoms with Crippen molar-refractivity contribution in [2.24, 2.45) is 0 Å². The Hall–Kier alpha value is -9.51. The fraction of sp³-hybridized carbons (Fsp3) is 0.614. The summed E-state index contributed by atoms with van der Waals surface area (Å²) < 4.78 is 18.3. The summed E-state index contributed by atoms with van der Waals surface area (Å²) in [6.07, 6.45) is -5.89. The van der Waals surface area contributed by atoms with Crippen molar-refractivity contribution in [1.82, 2.24) is 63.2 Å². The minimum Gasteiger partial charge on any atom is -0.481 e. The third-order valence-corrected chi connectivity index (χ3v) is 11.1. The number of hydrogen-bond donors (Lipinski definition) is 18. The molecule has 1 aromatic heterocycles. The molecule has 1 heterocycles. The number of aliphatic carboxylic acids is 8. The Morgan fingerprint density at radius 3 is 1.15 bits per heavy atom. The predicted molar refractivity (Wildman–Crippen MR) is 287 cm³/mol. The van der Waals surface area contributed by atoms with Crippen molar-refractivity contribution in [3.05, 3.63) is 5.82 Å². The number of rotatable bonds is 40. The summed E-state index contributed by atoms with van der Waals surface area (Å²) in [6.45, 7) is 8.05. The van der Waals surface area contributed by atoms with Gasteiger partial charge in [-0.3, -0.25) is 43.2 Å². The number of carbonyl (C=O) groups excluding carboxylic acids is 8. The number of aryl methyl sites for hydroxylation is 1.